The summed E-state index contributed by atoms with van der Waals surface area (Å²) in [6.45, 7) is 4.24. The molecule has 0 saturated carbocycles. The van der Waals surface area contributed by atoms with Gasteiger partial charge >= 0.3 is 0 Å². The first kappa shape index (κ1) is 13.3. The minimum Gasteiger partial charge on any atom is -0.409 e. The van der Waals surface area contributed by atoms with Gasteiger partial charge in [-0.15, -0.1) is 0 Å². The van der Waals surface area contributed by atoms with Crippen molar-refractivity contribution in [2.75, 3.05) is 31.7 Å². The van der Waals surface area contributed by atoms with Crippen LogP contribution in [0.25, 0.3) is 0 Å². The van der Waals surface area contributed by atoms with Crippen molar-refractivity contribution in [3.05, 3.63) is 29.8 Å². The summed E-state index contributed by atoms with van der Waals surface area (Å²) in [5.74, 6) is 0.119. The number of anilines is 1. The number of nitrogens with two attached hydrogens (primary N) is 1. The molecule has 0 saturated heterocycles. The van der Waals surface area contributed by atoms with Gasteiger partial charge in [-0.3, -0.25) is 0 Å². The van der Waals surface area contributed by atoms with Crippen LogP contribution in [0.15, 0.2) is 29.4 Å². The van der Waals surface area contributed by atoms with E-state index in [1.807, 2.05) is 38.2 Å². The Kier molecular flexibility index (Phi) is 5.29. The fourth-order valence-corrected chi connectivity index (χ4v) is 1.42. The third kappa shape index (κ3) is 3.96. The van der Waals surface area contributed by atoms with Gasteiger partial charge in [-0.05, 0) is 31.2 Å². The maximum Gasteiger partial charge on any atom is 0.170 e. The number of oxime groups is 1. The monoisotopic (exact) mass is 237 g/mol. The predicted octanol–water partition coefficient (Wildman–Crippen LogP) is 1.25. The summed E-state index contributed by atoms with van der Waals surface area (Å²) in [5, 5.41) is 11.5. The predicted molar refractivity (Wildman–Crippen MR) is 68.7 cm³/mol. The fourth-order valence-electron chi connectivity index (χ4n) is 1.42. The topological polar surface area (TPSA) is 71.1 Å². The van der Waals surface area contributed by atoms with E-state index in [-0.39, 0.29) is 5.84 Å². The molecule has 94 valence electrons. The molecule has 0 aromatic heterocycles. The molecular weight excluding hydrogens is 218 g/mol. The molecule has 0 aliphatic heterocycles. The lowest BCUT2D eigenvalue weighted by molar-refractivity contribution is 0.154. The summed E-state index contributed by atoms with van der Waals surface area (Å²) < 4.78 is 5.29. The lowest BCUT2D eigenvalue weighted by atomic mass is 10.2. The number of rotatable bonds is 6. The summed E-state index contributed by atoms with van der Waals surface area (Å²) in [6, 6.07) is 7.50. The molecule has 0 bridgehead atoms. The molecule has 0 fully saturated rings. The van der Waals surface area contributed by atoms with E-state index >= 15 is 0 Å². The Morgan fingerprint density at radius 1 is 1.41 bits per heavy atom. The first-order valence-electron chi connectivity index (χ1n) is 5.56. The Hall–Kier alpha value is -1.75. The number of nitrogens with zero attached hydrogens (tertiary/aromatic N) is 2. The Morgan fingerprint density at radius 2 is 2.06 bits per heavy atom. The van der Waals surface area contributed by atoms with Gasteiger partial charge in [0.25, 0.3) is 0 Å². The molecular formula is C12H19N3O2. The molecule has 0 amide bonds. The zero-order chi connectivity index (χ0) is 12.7. The quantitative estimate of drug-likeness (QED) is 0.257. The molecule has 0 unspecified atom stereocenters. The van der Waals surface area contributed by atoms with E-state index in [9.17, 15) is 0 Å². The molecule has 1 aromatic carbocycles. The van der Waals surface area contributed by atoms with Gasteiger partial charge in [-0.25, -0.2) is 0 Å². The van der Waals surface area contributed by atoms with E-state index < -0.39 is 0 Å². The van der Waals surface area contributed by atoms with E-state index in [1.54, 1.807) is 0 Å². The van der Waals surface area contributed by atoms with Crippen molar-refractivity contribution in [2.45, 2.75) is 6.92 Å². The highest BCUT2D eigenvalue weighted by molar-refractivity contribution is 5.97. The second kappa shape index (κ2) is 6.75. The third-order valence-corrected chi connectivity index (χ3v) is 2.49. The zero-order valence-corrected chi connectivity index (χ0v) is 10.3. The van der Waals surface area contributed by atoms with Crippen molar-refractivity contribution in [2.24, 2.45) is 10.9 Å². The highest BCUT2D eigenvalue weighted by atomic mass is 16.5. The number of hydrogen-bond acceptors (Lipinski definition) is 4. The largest absolute Gasteiger partial charge is 0.409 e. The van der Waals surface area contributed by atoms with Gasteiger partial charge in [0.2, 0.25) is 0 Å². The van der Waals surface area contributed by atoms with Crippen molar-refractivity contribution in [3.8, 4) is 0 Å². The summed E-state index contributed by atoms with van der Waals surface area (Å²) in [7, 11) is 2.00. The molecule has 0 heterocycles. The van der Waals surface area contributed by atoms with Crippen molar-refractivity contribution >= 4 is 11.5 Å². The van der Waals surface area contributed by atoms with Crippen LogP contribution in [0.2, 0.25) is 0 Å². The van der Waals surface area contributed by atoms with Crippen molar-refractivity contribution in [1.29, 1.82) is 0 Å². The number of benzene rings is 1. The Balaban J connectivity index is 2.61. The maximum absolute atomic E-state index is 8.55. The van der Waals surface area contributed by atoms with Crippen LogP contribution in [0.3, 0.4) is 0 Å². The SMILES string of the molecule is CCOCCN(C)c1ccc(C(N)=NO)cc1. The van der Waals surface area contributed by atoms with Crippen molar-refractivity contribution < 1.29 is 9.94 Å². The Morgan fingerprint density at radius 3 is 2.59 bits per heavy atom. The van der Waals surface area contributed by atoms with Gasteiger partial charge in [0.15, 0.2) is 5.84 Å². The smallest absolute Gasteiger partial charge is 0.170 e. The first-order chi connectivity index (χ1) is 8.19. The highest BCUT2D eigenvalue weighted by Crippen LogP contribution is 2.13. The highest BCUT2D eigenvalue weighted by Gasteiger charge is 2.02. The standard InChI is InChI=1S/C12H19N3O2/c1-3-17-9-8-15(2)11-6-4-10(5-7-11)12(13)14-16/h4-7,16H,3,8-9H2,1-2H3,(H2,13,14). The van der Waals surface area contributed by atoms with Gasteiger partial charge in [-0.1, -0.05) is 5.16 Å². The van der Waals surface area contributed by atoms with Crippen LogP contribution in [0.1, 0.15) is 12.5 Å². The van der Waals surface area contributed by atoms with Crippen LogP contribution >= 0.6 is 0 Å². The van der Waals surface area contributed by atoms with Crippen LogP contribution in [0.5, 0.6) is 0 Å². The Labute approximate surface area is 101 Å². The van der Waals surface area contributed by atoms with E-state index in [4.69, 9.17) is 15.7 Å². The van der Waals surface area contributed by atoms with Crippen molar-refractivity contribution in [3.63, 3.8) is 0 Å². The molecule has 0 aliphatic rings. The first-order valence-corrected chi connectivity index (χ1v) is 5.56. The normalized spacial score (nSPS) is 11.5. The third-order valence-electron chi connectivity index (χ3n) is 2.49. The van der Waals surface area contributed by atoms with Gasteiger partial charge in [-0.2, -0.15) is 0 Å². The molecule has 0 aliphatic carbocycles. The number of ether oxygens (including phenoxy) is 1. The molecule has 5 heteroatoms. The number of likely N-dealkylation sites (N-methyl/N-ethyl adjacent to an activating group) is 1. The average molecular weight is 237 g/mol. The second-order valence-electron chi connectivity index (χ2n) is 3.65. The summed E-state index contributed by atoms with van der Waals surface area (Å²) in [6.07, 6.45) is 0. The van der Waals surface area contributed by atoms with E-state index in [2.05, 4.69) is 10.1 Å². The van der Waals surface area contributed by atoms with E-state index in [1.165, 1.54) is 0 Å². The lowest BCUT2D eigenvalue weighted by Gasteiger charge is -2.19. The molecule has 0 atom stereocenters. The molecule has 1 aromatic rings. The average Bonchev–Trinajstić information content (AvgIpc) is 2.38. The minimum absolute atomic E-state index is 0.119. The summed E-state index contributed by atoms with van der Waals surface area (Å²) >= 11 is 0. The second-order valence-corrected chi connectivity index (χ2v) is 3.65. The van der Waals surface area contributed by atoms with E-state index in [0.29, 0.717) is 12.2 Å². The van der Waals surface area contributed by atoms with Crippen LogP contribution in [-0.2, 0) is 4.74 Å². The van der Waals surface area contributed by atoms with Gasteiger partial charge in [0.05, 0.1) is 6.61 Å². The van der Waals surface area contributed by atoms with E-state index in [0.717, 1.165) is 18.8 Å². The van der Waals surface area contributed by atoms with Crippen LogP contribution in [-0.4, -0.2) is 37.8 Å². The molecule has 1 rings (SSSR count). The Bertz CT molecular complexity index is 363. The lowest BCUT2D eigenvalue weighted by Crippen LogP contribution is -2.22. The van der Waals surface area contributed by atoms with Gasteiger partial charge in [0.1, 0.15) is 0 Å². The minimum atomic E-state index is 0.119. The molecule has 0 spiro atoms. The number of amidine groups is 1. The van der Waals surface area contributed by atoms with Gasteiger partial charge in [0, 0.05) is 31.5 Å². The maximum atomic E-state index is 8.55. The van der Waals surface area contributed by atoms with Crippen molar-refractivity contribution in [1.82, 2.24) is 0 Å². The van der Waals surface area contributed by atoms with Crippen LogP contribution in [0, 0.1) is 0 Å². The zero-order valence-electron chi connectivity index (χ0n) is 10.3. The van der Waals surface area contributed by atoms with Gasteiger partial charge < -0.3 is 20.6 Å². The molecule has 0 radical (unpaired) electrons. The fraction of sp³-hybridized carbons (Fsp3) is 0.417. The number of hydrogen-bond donors (Lipinski definition) is 2. The molecule has 17 heavy (non-hydrogen) atoms. The summed E-state index contributed by atoms with van der Waals surface area (Å²) in [4.78, 5) is 2.09. The molecule has 5 nitrogen and oxygen atoms in total. The summed E-state index contributed by atoms with van der Waals surface area (Å²) in [5.41, 5.74) is 7.26. The van der Waals surface area contributed by atoms with Crippen LogP contribution < -0.4 is 10.6 Å². The molecule has 3 N–H and O–H groups in total. The van der Waals surface area contributed by atoms with Crippen LogP contribution in [0.4, 0.5) is 5.69 Å².